The van der Waals surface area contributed by atoms with Crippen molar-refractivity contribution in [2.45, 2.75) is 12.8 Å². The minimum atomic E-state index is -0.491. The van der Waals surface area contributed by atoms with Crippen LogP contribution in [-0.2, 0) is 9.59 Å². The molecule has 1 atom stereocenters. The van der Waals surface area contributed by atoms with Crippen LogP contribution in [0.15, 0.2) is 18.2 Å². The summed E-state index contributed by atoms with van der Waals surface area (Å²) in [5.41, 5.74) is 0.258. The maximum Gasteiger partial charge on any atom is 0.255 e. The van der Waals surface area contributed by atoms with Crippen LogP contribution < -0.4 is 0 Å². The molecule has 0 N–H and O–H groups in total. The predicted molar refractivity (Wildman–Crippen MR) is 94.3 cm³/mol. The zero-order valence-electron chi connectivity index (χ0n) is 14.6. The normalized spacial score (nSPS) is 21.1. The zero-order valence-corrected chi connectivity index (χ0v) is 15.3. The van der Waals surface area contributed by atoms with Crippen LogP contribution in [0.2, 0.25) is 5.02 Å². The van der Waals surface area contributed by atoms with Crippen molar-refractivity contribution in [2.75, 3.05) is 39.8 Å². The molecule has 2 aliphatic rings. The van der Waals surface area contributed by atoms with Crippen LogP contribution in [0.5, 0.6) is 0 Å². The highest BCUT2D eigenvalue weighted by atomic mass is 35.5. The minimum Gasteiger partial charge on any atom is -0.346 e. The molecule has 1 aromatic rings. The van der Waals surface area contributed by atoms with Crippen LogP contribution in [0.1, 0.15) is 23.2 Å². The van der Waals surface area contributed by atoms with Gasteiger partial charge in [-0.05, 0) is 24.6 Å². The van der Waals surface area contributed by atoms with E-state index >= 15 is 0 Å². The summed E-state index contributed by atoms with van der Waals surface area (Å²) in [4.78, 5) is 42.0. The van der Waals surface area contributed by atoms with Crippen molar-refractivity contribution >= 4 is 29.3 Å². The summed E-state index contributed by atoms with van der Waals surface area (Å²) in [6.45, 7) is 2.21. The lowest BCUT2D eigenvalue weighted by molar-refractivity contribution is -0.145. The molecule has 0 aliphatic carbocycles. The van der Waals surface area contributed by atoms with E-state index in [4.69, 9.17) is 11.6 Å². The summed E-state index contributed by atoms with van der Waals surface area (Å²) in [6, 6.07) is 3.70. The molecule has 0 bridgehead atoms. The fourth-order valence-corrected chi connectivity index (χ4v) is 3.62. The molecule has 2 heterocycles. The highest BCUT2D eigenvalue weighted by Crippen LogP contribution is 2.22. The number of hydrogen-bond donors (Lipinski definition) is 0. The maximum atomic E-state index is 13.1. The van der Waals surface area contributed by atoms with Crippen molar-refractivity contribution in [3.63, 3.8) is 0 Å². The Bertz CT molecular complexity index is 734. The van der Waals surface area contributed by atoms with E-state index in [-0.39, 0.29) is 40.6 Å². The Morgan fingerprint density at radius 3 is 2.38 bits per heavy atom. The number of piperazine rings is 1. The summed E-state index contributed by atoms with van der Waals surface area (Å²) in [5.74, 6) is -1.05. The minimum absolute atomic E-state index is 0.00522. The summed E-state index contributed by atoms with van der Waals surface area (Å²) < 4.78 is 13.1. The third kappa shape index (κ3) is 3.82. The second-order valence-corrected chi connectivity index (χ2v) is 7.15. The van der Waals surface area contributed by atoms with E-state index < -0.39 is 5.82 Å². The molecule has 2 fully saturated rings. The van der Waals surface area contributed by atoms with Crippen LogP contribution in [-0.4, -0.2) is 72.2 Å². The number of carbonyl (C=O) groups excluding carboxylic acids is 3. The summed E-state index contributed by atoms with van der Waals surface area (Å²) >= 11 is 5.96. The summed E-state index contributed by atoms with van der Waals surface area (Å²) in [7, 11) is 1.74. The van der Waals surface area contributed by atoms with Crippen LogP contribution >= 0.6 is 11.6 Å². The number of carbonyl (C=O) groups is 3. The molecule has 0 spiro atoms. The van der Waals surface area contributed by atoms with Crippen molar-refractivity contribution in [3.05, 3.63) is 34.6 Å². The molecule has 2 saturated heterocycles. The van der Waals surface area contributed by atoms with Gasteiger partial charge in [0.25, 0.3) is 5.91 Å². The van der Waals surface area contributed by atoms with E-state index in [1.165, 1.54) is 12.1 Å². The fraction of sp³-hybridized carbons (Fsp3) is 0.500. The van der Waals surface area contributed by atoms with Crippen molar-refractivity contribution in [1.82, 2.24) is 14.7 Å². The second kappa shape index (κ2) is 7.61. The predicted octanol–water partition coefficient (Wildman–Crippen LogP) is 1.63. The first kappa shape index (κ1) is 18.6. The largest absolute Gasteiger partial charge is 0.346 e. The Morgan fingerprint density at radius 1 is 1.12 bits per heavy atom. The molecule has 8 heteroatoms. The molecule has 0 aromatic heterocycles. The quantitative estimate of drug-likeness (QED) is 0.782. The first-order valence-electron chi connectivity index (χ1n) is 8.64. The van der Waals surface area contributed by atoms with E-state index in [0.29, 0.717) is 39.1 Å². The molecule has 3 rings (SSSR count). The van der Waals surface area contributed by atoms with Gasteiger partial charge in [-0.2, -0.15) is 0 Å². The number of likely N-dealkylation sites (tertiary alicyclic amines) is 1. The first-order valence-corrected chi connectivity index (χ1v) is 9.01. The second-order valence-electron chi connectivity index (χ2n) is 6.75. The molecule has 26 heavy (non-hydrogen) atoms. The van der Waals surface area contributed by atoms with E-state index in [1.807, 2.05) is 0 Å². The van der Waals surface area contributed by atoms with Gasteiger partial charge in [0.1, 0.15) is 5.82 Å². The number of hydrogen-bond acceptors (Lipinski definition) is 3. The highest BCUT2D eigenvalue weighted by Gasteiger charge is 2.33. The van der Waals surface area contributed by atoms with Gasteiger partial charge < -0.3 is 14.7 Å². The number of nitrogens with zero attached hydrogens (tertiary/aromatic N) is 3. The molecule has 2 aliphatic heterocycles. The van der Waals surface area contributed by atoms with E-state index in [1.54, 1.807) is 21.7 Å². The number of piperidine rings is 1. The number of amides is 3. The smallest absolute Gasteiger partial charge is 0.255 e. The van der Waals surface area contributed by atoms with Gasteiger partial charge in [0, 0.05) is 52.1 Å². The number of benzene rings is 1. The number of halogens is 2. The zero-order chi connectivity index (χ0) is 18.8. The lowest BCUT2D eigenvalue weighted by Crippen LogP contribution is -2.53. The molecule has 1 unspecified atom stereocenters. The monoisotopic (exact) mass is 381 g/mol. The van der Waals surface area contributed by atoms with E-state index in [9.17, 15) is 18.8 Å². The molecule has 1 aromatic carbocycles. The summed E-state index contributed by atoms with van der Waals surface area (Å²) in [5, 5.41) is 0.0818. The first-order chi connectivity index (χ1) is 12.4. The molecule has 0 saturated carbocycles. The van der Waals surface area contributed by atoms with Gasteiger partial charge in [0.05, 0.1) is 10.6 Å². The Balaban J connectivity index is 1.58. The highest BCUT2D eigenvalue weighted by molar-refractivity contribution is 6.33. The SMILES string of the molecule is CN1CCC(C(=O)N2CCN(C(=O)c3ccc(F)cc3Cl)CC2)CC1=O. The van der Waals surface area contributed by atoms with Crippen LogP contribution in [0.4, 0.5) is 4.39 Å². The molecule has 140 valence electrons. The topological polar surface area (TPSA) is 60.9 Å². The fourth-order valence-electron chi connectivity index (χ4n) is 3.38. The Kier molecular flexibility index (Phi) is 5.46. The molecule has 6 nitrogen and oxygen atoms in total. The lowest BCUT2D eigenvalue weighted by Gasteiger charge is -2.38. The van der Waals surface area contributed by atoms with Gasteiger partial charge in [0.15, 0.2) is 0 Å². The van der Waals surface area contributed by atoms with Crippen LogP contribution in [0, 0.1) is 11.7 Å². The van der Waals surface area contributed by atoms with Gasteiger partial charge in [-0.3, -0.25) is 14.4 Å². The Labute approximate surface area is 156 Å². The van der Waals surface area contributed by atoms with Crippen LogP contribution in [0.3, 0.4) is 0 Å². The third-order valence-electron chi connectivity index (χ3n) is 5.05. The maximum absolute atomic E-state index is 13.1. The van der Waals surface area contributed by atoms with Gasteiger partial charge in [-0.25, -0.2) is 4.39 Å². The average molecular weight is 382 g/mol. The molecular formula is C18H21ClFN3O3. The van der Waals surface area contributed by atoms with Gasteiger partial charge >= 0.3 is 0 Å². The van der Waals surface area contributed by atoms with Gasteiger partial charge in [-0.15, -0.1) is 0 Å². The number of rotatable bonds is 2. The van der Waals surface area contributed by atoms with Gasteiger partial charge in [0.2, 0.25) is 11.8 Å². The van der Waals surface area contributed by atoms with Crippen molar-refractivity contribution in [1.29, 1.82) is 0 Å². The van der Waals surface area contributed by atoms with E-state index in [0.717, 1.165) is 6.07 Å². The molecule has 3 amide bonds. The van der Waals surface area contributed by atoms with Gasteiger partial charge in [-0.1, -0.05) is 11.6 Å². The van der Waals surface area contributed by atoms with Crippen LogP contribution in [0.25, 0.3) is 0 Å². The average Bonchev–Trinajstić information content (AvgIpc) is 2.63. The van der Waals surface area contributed by atoms with Crippen molar-refractivity contribution in [3.8, 4) is 0 Å². The van der Waals surface area contributed by atoms with E-state index in [2.05, 4.69) is 0 Å². The molecule has 0 radical (unpaired) electrons. The third-order valence-corrected chi connectivity index (χ3v) is 5.36. The molecular weight excluding hydrogens is 361 g/mol. The summed E-state index contributed by atoms with van der Waals surface area (Å²) in [6.07, 6.45) is 0.922. The van der Waals surface area contributed by atoms with Crippen molar-refractivity contribution < 1.29 is 18.8 Å². The lowest BCUT2D eigenvalue weighted by atomic mass is 9.94. The Hall–Kier alpha value is -2.15. The van der Waals surface area contributed by atoms with Crippen molar-refractivity contribution in [2.24, 2.45) is 5.92 Å². The standard InChI is InChI=1S/C18H21ClFN3O3/c1-21-5-4-12(10-16(21)24)17(25)22-6-8-23(9-7-22)18(26)14-3-2-13(20)11-15(14)19/h2-3,11-12H,4-10H2,1H3. The Morgan fingerprint density at radius 2 is 1.77 bits per heavy atom.